The molecule has 1 unspecified atom stereocenters. The number of nitrogens with one attached hydrogen (secondary N) is 2. The Balaban J connectivity index is 1.19. The molecule has 4 aliphatic rings. The summed E-state index contributed by atoms with van der Waals surface area (Å²) >= 11 is 6.32. The first kappa shape index (κ1) is 23.5. The summed E-state index contributed by atoms with van der Waals surface area (Å²) in [6.07, 6.45) is 1.75. The minimum atomic E-state index is -0.887. The highest BCUT2D eigenvalue weighted by atomic mass is 35.5. The second-order valence-electron chi connectivity index (χ2n) is 9.28. The van der Waals surface area contributed by atoms with Crippen LogP contribution in [0, 0.1) is 5.82 Å². The van der Waals surface area contributed by atoms with Gasteiger partial charge < -0.3 is 19.9 Å². The van der Waals surface area contributed by atoms with Gasteiger partial charge in [0.1, 0.15) is 18.0 Å². The van der Waals surface area contributed by atoms with Gasteiger partial charge in [-0.1, -0.05) is 11.6 Å². The first-order chi connectivity index (χ1) is 16.7. The van der Waals surface area contributed by atoms with E-state index in [9.17, 15) is 24.0 Å². The summed E-state index contributed by atoms with van der Waals surface area (Å²) in [6, 6.07) is 0.547. The first-order valence-electron chi connectivity index (χ1n) is 11.6. The van der Waals surface area contributed by atoms with E-state index in [2.05, 4.69) is 10.6 Å². The third kappa shape index (κ3) is 4.33. The molecule has 10 nitrogen and oxygen atoms in total. The van der Waals surface area contributed by atoms with Crippen LogP contribution in [0.1, 0.15) is 60.0 Å². The number of benzene rings is 1. The molecule has 1 aliphatic carbocycles. The van der Waals surface area contributed by atoms with Gasteiger partial charge in [-0.25, -0.2) is 9.18 Å². The van der Waals surface area contributed by atoms with E-state index in [0.29, 0.717) is 19.3 Å². The number of amides is 5. The quantitative estimate of drug-likeness (QED) is 0.585. The van der Waals surface area contributed by atoms with Crippen LogP contribution < -0.4 is 10.6 Å². The molecule has 1 aromatic carbocycles. The van der Waals surface area contributed by atoms with E-state index in [0.717, 1.165) is 13.0 Å². The van der Waals surface area contributed by atoms with Gasteiger partial charge in [-0.3, -0.25) is 24.5 Å². The Bertz CT molecular complexity index is 1140. The van der Waals surface area contributed by atoms with E-state index in [1.807, 2.05) is 4.90 Å². The Hall–Kier alpha value is -3.21. The van der Waals surface area contributed by atoms with E-state index >= 15 is 4.39 Å². The molecule has 1 saturated carbocycles. The number of ether oxygens (including phenoxy) is 1. The SMILES string of the molecule is O=C1CCC(N2Cc3c(Cl)cc(CNC(=O)OC4CC(N5CCCC5=O)C4)c(F)c3C2=O)C(=O)N1. The van der Waals surface area contributed by atoms with Crippen molar-refractivity contribution >= 4 is 41.3 Å². The summed E-state index contributed by atoms with van der Waals surface area (Å²) < 4.78 is 20.6. The Morgan fingerprint density at radius 2 is 1.97 bits per heavy atom. The molecule has 3 aliphatic heterocycles. The van der Waals surface area contributed by atoms with Gasteiger partial charge in [-0.15, -0.1) is 0 Å². The molecule has 5 amide bonds. The maximum atomic E-state index is 15.3. The van der Waals surface area contributed by atoms with Crippen LogP contribution in [0.15, 0.2) is 6.07 Å². The zero-order valence-electron chi connectivity index (χ0n) is 18.8. The summed E-state index contributed by atoms with van der Waals surface area (Å²) in [7, 11) is 0. The lowest BCUT2D eigenvalue weighted by Crippen LogP contribution is -2.52. The highest BCUT2D eigenvalue weighted by molar-refractivity contribution is 6.32. The Morgan fingerprint density at radius 3 is 2.66 bits per heavy atom. The predicted octanol–water partition coefficient (Wildman–Crippen LogP) is 1.62. The van der Waals surface area contributed by atoms with Crippen LogP contribution in [0.3, 0.4) is 0 Å². The summed E-state index contributed by atoms with van der Waals surface area (Å²) in [5.41, 5.74) is 0.0463. The number of nitrogens with zero attached hydrogens (tertiary/aromatic N) is 2. The molecule has 186 valence electrons. The molecule has 3 fully saturated rings. The maximum Gasteiger partial charge on any atom is 0.407 e. The fourth-order valence-corrected chi connectivity index (χ4v) is 5.43. The molecule has 0 radical (unpaired) electrons. The minimum absolute atomic E-state index is 0.0123. The number of imide groups is 1. The highest BCUT2D eigenvalue weighted by Crippen LogP contribution is 2.36. The smallest absolute Gasteiger partial charge is 0.407 e. The molecule has 3 heterocycles. The van der Waals surface area contributed by atoms with Crippen molar-refractivity contribution in [2.75, 3.05) is 6.54 Å². The topological polar surface area (TPSA) is 125 Å². The monoisotopic (exact) mass is 506 g/mol. The molecule has 2 N–H and O–H groups in total. The number of piperidine rings is 1. The molecule has 2 saturated heterocycles. The van der Waals surface area contributed by atoms with Gasteiger partial charge in [-0.05, 0) is 18.9 Å². The number of fused-ring (bicyclic) bond motifs is 1. The number of alkyl carbamates (subject to hydrolysis) is 1. The summed E-state index contributed by atoms with van der Waals surface area (Å²) in [4.78, 5) is 63.6. The van der Waals surface area contributed by atoms with Crippen molar-refractivity contribution in [2.45, 2.75) is 69.8 Å². The van der Waals surface area contributed by atoms with Gasteiger partial charge in [0.05, 0.1) is 5.56 Å². The lowest BCUT2D eigenvalue weighted by molar-refractivity contribution is -0.137. The fourth-order valence-electron chi connectivity index (χ4n) is 5.14. The number of carbonyl (C=O) groups excluding carboxylic acids is 5. The fraction of sp³-hybridized carbons (Fsp3) is 0.522. The average Bonchev–Trinajstić information content (AvgIpc) is 3.35. The second-order valence-corrected chi connectivity index (χ2v) is 9.69. The number of hydrogen-bond acceptors (Lipinski definition) is 6. The zero-order chi connectivity index (χ0) is 24.9. The number of rotatable bonds is 5. The highest BCUT2D eigenvalue weighted by Gasteiger charge is 2.42. The molecular formula is C23H24ClFN4O6. The van der Waals surface area contributed by atoms with Gasteiger partial charge in [-0.2, -0.15) is 0 Å². The molecule has 35 heavy (non-hydrogen) atoms. The molecule has 1 aromatic rings. The van der Waals surface area contributed by atoms with Crippen molar-refractivity contribution in [1.29, 1.82) is 0 Å². The van der Waals surface area contributed by atoms with E-state index in [1.54, 1.807) is 0 Å². The molecule has 0 aromatic heterocycles. The molecule has 5 rings (SSSR count). The molecule has 1 atom stereocenters. The Kier molecular flexibility index (Phi) is 6.12. The van der Waals surface area contributed by atoms with E-state index in [4.69, 9.17) is 16.3 Å². The van der Waals surface area contributed by atoms with Gasteiger partial charge in [0.15, 0.2) is 0 Å². The second kappa shape index (κ2) is 9.10. The summed E-state index contributed by atoms with van der Waals surface area (Å²) in [5.74, 6) is -2.39. The molecule has 0 bridgehead atoms. The van der Waals surface area contributed by atoms with Crippen molar-refractivity contribution in [2.24, 2.45) is 0 Å². The van der Waals surface area contributed by atoms with Crippen LogP contribution in [0.2, 0.25) is 5.02 Å². The number of likely N-dealkylation sites (tertiary alicyclic amines) is 1. The van der Waals surface area contributed by atoms with Crippen molar-refractivity contribution in [3.63, 3.8) is 0 Å². The summed E-state index contributed by atoms with van der Waals surface area (Å²) in [5, 5.41) is 4.82. The molecular weight excluding hydrogens is 483 g/mol. The molecule has 12 heteroatoms. The van der Waals surface area contributed by atoms with Crippen LogP contribution in [-0.4, -0.2) is 64.3 Å². The van der Waals surface area contributed by atoms with Crippen molar-refractivity contribution in [3.05, 3.63) is 33.6 Å². The van der Waals surface area contributed by atoms with Gasteiger partial charge in [0.25, 0.3) is 5.91 Å². The largest absolute Gasteiger partial charge is 0.446 e. The van der Waals surface area contributed by atoms with Crippen molar-refractivity contribution < 1.29 is 33.1 Å². The number of hydrogen-bond donors (Lipinski definition) is 2. The number of halogens is 2. The van der Waals surface area contributed by atoms with Crippen LogP contribution >= 0.6 is 11.6 Å². The maximum absolute atomic E-state index is 15.3. The summed E-state index contributed by atoms with van der Waals surface area (Å²) in [6.45, 7) is 0.443. The van der Waals surface area contributed by atoms with Crippen molar-refractivity contribution in [3.8, 4) is 0 Å². The average molecular weight is 507 g/mol. The van der Waals surface area contributed by atoms with Gasteiger partial charge >= 0.3 is 6.09 Å². The lowest BCUT2D eigenvalue weighted by atomic mass is 9.88. The standard InChI is InChI=1S/C23H24ClFN4O6/c24-15-6-11(9-26-23(34)35-13-7-12(8-13)28-5-1-2-18(28)31)20(25)19-14(15)10-29(22(19)33)16-3-4-17(30)27-21(16)32/h6,12-13,16H,1-5,7-10H2,(H,26,34)(H,27,30,32). The Labute approximate surface area is 205 Å². The van der Waals surface area contributed by atoms with Crippen LogP contribution in [0.25, 0.3) is 0 Å². The third-order valence-electron chi connectivity index (χ3n) is 7.10. The van der Waals surface area contributed by atoms with Crippen LogP contribution in [-0.2, 0) is 32.2 Å². The van der Waals surface area contributed by atoms with Gasteiger partial charge in [0, 0.05) is 67.5 Å². The lowest BCUT2D eigenvalue weighted by Gasteiger charge is -2.40. The van der Waals surface area contributed by atoms with Gasteiger partial charge in [0.2, 0.25) is 17.7 Å². The Morgan fingerprint density at radius 1 is 1.20 bits per heavy atom. The predicted molar refractivity (Wildman–Crippen MR) is 119 cm³/mol. The van der Waals surface area contributed by atoms with Crippen LogP contribution in [0.5, 0.6) is 0 Å². The normalized spacial score (nSPS) is 25.9. The minimum Gasteiger partial charge on any atom is -0.446 e. The van der Waals surface area contributed by atoms with Crippen LogP contribution in [0.4, 0.5) is 9.18 Å². The van der Waals surface area contributed by atoms with E-state index in [-0.39, 0.29) is 65.7 Å². The third-order valence-corrected chi connectivity index (χ3v) is 7.44. The van der Waals surface area contributed by atoms with E-state index < -0.39 is 35.7 Å². The molecule has 0 spiro atoms. The number of carbonyl (C=O) groups is 5. The zero-order valence-corrected chi connectivity index (χ0v) is 19.5. The first-order valence-corrected chi connectivity index (χ1v) is 12.0. The van der Waals surface area contributed by atoms with E-state index in [1.165, 1.54) is 11.0 Å². The van der Waals surface area contributed by atoms with Crippen molar-refractivity contribution in [1.82, 2.24) is 20.4 Å².